The fourth-order valence-electron chi connectivity index (χ4n) is 1.16. The molecule has 0 spiro atoms. The quantitative estimate of drug-likeness (QED) is 0.342. The molecule has 0 unspecified atom stereocenters. The Morgan fingerprint density at radius 2 is 2.12 bits per heavy atom. The van der Waals surface area contributed by atoms with E-state index in [0.717, 1.165) is 5.56 Å². The first-order chi connectivity index (χ1) is 7.69. The van der Waals surface area contributed by atoms with Crippen LogP contribution in [0.1, 0.15) is 11.1 Å². The highest BCUT2D eigenvalue weighted by Crippen LogP contribution is 2.03. The first-order valence-corrected chi connectivity index (χ1v) is 4.69. The van der Waals surface area contributed by atoms with Gasteiger partial charge in [0.2, 0.25) is 0 Å². The summed E-state index contributed by atoms with van der Waals surface area (Å²) < 4.78 is 0. The molecule has 0 aliphatic carbocycles. The zero-order valence-electron chi connectivity index (χ0n) is 8.90. The molecule has 0 aliphatic heterocycles. The predicted octanol–water partition coefficient (Wildman–Crippen LogP) is 0.763. The van der Waals surface area contributed by atoms with Gasteiger partial charge in [0.25, 0.3) is 0 Å². The maximum atomic E-state index is 11.5. The Labute approximate surface area is 93.9 Å². The molecule has 4 nitrogen and oxygen atoms in total. The van der Waals surface area contributed by atoms with Gasteiger partial charge in [0, 0.05) is 0 Å². The first-order valence-electron chi connectivity index (χ1n) is 4.69. The van der Waals surface area contributed by atoms with E-state index in [1.54, 1.807) is 12.1 Å². The summed E-state index contributed by atoms with van der Waals surface area (Å²) in [6.45, 7) is 2.03. The lowest BCUT2D eigenvalue weighted by Gasteiger charge is -1.98. The summed E-state index contributed by atoms with van der Waals surface area (Å²) in [6, 6.07) is 7.07. The van der Waals surface area contributed by atoms with Gasteiger partial charge >= 0.3 is 11.6 Å². The van der Waals surface area contributed by atoms with E-state index in [1.807, 2.05) is 19.1 Å². The largest absolute Gasteiger partial charge is 0.386 e. The van der Waals surface area contributed by atoms with Gasteiger partial charge in [-0.1, -0.05) is 23.6 Å². The van der Waals surface area contributed by atoms with Crippen LogP contribution >= 0.6 is 0 Å². The number of aryl methyl sites for hydroxylation is 1. The van der Waals surface area contributed by atoms with E-state index in [2.05, 4.69) is 16.0 Å². The maximum absolute atomic E-state index is 11.5. The second kappa shape index (κ2) is 5.50. The summed E-state index contributed by atoms with van der Waals surface area (Å²) in [5, 5.41) is 2.43. The molecule has 0 aromatic heterocycles. The fourth-order valence-corrected chi connectivity index (χ4v) is 1.16. The molecule has 0 atom stereocenters. The van der Waals surface area contributed by atoms with Crippen LogP contribution in [0.15, 0.2) is 24.3 Å². The molecule has 4 heteroatoms. The Balaban J connectivity index is 2.92. The van der Waals surface area contributed by atoms with Gasteiger partial charge in [-0.15, -0.1) is 6.42 Å². The summed E-state index contributed by atoms with van der Waals surface area (Å²) >= 11 is 0. The van der Waals surface area contributed by atoms with E-state index in [4.69, 9.17) is 12.0 Å². The molecule has 16 heavy (non-hydrogen) atoms. The summed E-state index contributed by atoms with van der Waals surface area (Å²) in [5.41, 5.74) is 10.4. The van der Waals surface area contributed by atoms with Crippen LogP contribution in [0, 0.1) is 19.3 Å². The molecule has 0 bridgehead atoms. The minimum atomic E-state index is -0.496. The average Bonchev–Trinajstić information content (AvgIpc) is 2.30. The predicted molar refractivity (Wildman–Crippen MR) is 60.8 cm³/mol. The van der Waals surface area contributed by atoms with Crippen LogP contribution in [-0.2, 0) is 4.79 Å². The topological polar surface area (TPSA) is 65.5 Å². The molecule has 0 fully saturated rings. The molecule has 1 aromatic carbocycles. The Morgan fingerprint density at radius 1 is 1.50 bits per heavy atom. The lowest BCUT2D eigenvalue weighted by molar-refractivity contribution is -0.118. The summed E-state index contributed by atoms with van der Waals surface area (Å²) in [5.74, 6) is 1.77. The molecule has 0 saturated heterocycles. The van der Waals surface area contributed by atoms with Crippen molar-refractivity contribution in [1.29, 1.82) is 0 Å². The smallest absolute Gasteiger partial charge is 0.361 e. The Kier molecular flexibility index (Phi) is 4.02. The normalized spacial score (nSPS) is 8.75. The van der Waals surface area contributed by atoms with Crippen LogP contribution in [0.5, 0.6) is 0 Å². The number of carbonyl (C=O) groups is 1. The second-order valence-electron chi connectivity index (χ2n) is 3.20. The summed E-state index contributed by atoms with van der Waals surface area (Å²) in [7, 11) is 0. The standard InChI is InChI=1S/C12H11N3O/c1-3-8-14-12(16)11(15-13)10-6-4-9(2)5-7-10/h1,4-7H,8H2,2H3,(H,14,16). The molecule has 1 rings (SSSR count). The maximum Gasteiger partial charge on any atom is 0.386 e. The molecular weight excluding hydrogens is 202 g/mol. The van der Waals surface area contributed by atoms with Crippen molar-refractivity contribution >= 4 is 11.6 Å². The molecule has 1 aromatic rings. The Bertz CT molecular complexity index is 476. The van der Waals surface area contributed by atoms with Crippen LogP contribution in [0.25, 0.3) is 5.53 Å². The number of terminal acetylenes is 1. The van der Waals surface area contributed by atoms with Gasteiger partial charge in [0.05, 0.1) is 12.1 Å². The number of nitrogens with one attached hydrogen (secondary N) is 1. The number of carbonyl (C=O) groups excluding carboxylic acids is 1. The first kappa shape index (κ1) is 11.7. The number of hydrogen-bond donors (Lipinski definition) is 1. The van der Waals surface area contributed by atoms with Gasteiger partial charge < -0.3 is 10.8 Å². The van der Waals surface area contributed by atoms with Crippen molar-refractivity contribution in [2.75, 3.05) is 6.54 Å². The van der Waals surface area contributed by atoms with E-state index >= 15 is 0 Å². The number of rotatable bonds is 3. The molecule has 0 saturated carbocycles. The van der Waals surface area contributed by atoms with E-state index in [1.165, 1.54) is 0 Å². The van der Waals surface area contributed by atoms with Crippen molar-refractivity contribution < 1.29 is 9.58 Å². The van der Waals surface area contributed by atoms with Crippen LogP contribution in [0.3, 0.4) is 0 Å². The third kappa shape index (κ3) is 2.81. The molecule has 1 N–H and O–H groups in total. The van der Waals surface area contributed by atoms with Gasteiger partial charge in [-0.05, 0) is 19.1 Å². The van der Waals surface area contributed by atoms with Crippen molar-refractivity contribution in [3.05, 3.63) is 40.9 Å². The third-order valence-corrected chi connectivity index (χ3v) is 1.99. The summed E-state index contributed by atoms with van der Waals surface area (Å²) in [4.78, 5) is 14.5. The van der Waals surface area contributed by atoms with Crippen molar-refractivity contribution in [2.24, 2.45) is 0 Å². The van der Waals surface area contributed by atoms with Crippen LogP contribution in [0.2, 0.25) is 0 Å². The Morgan fingerprint density at radius 3 is 2.62 bits per heavy atom. The molecule has 0 radical (unpaired) electrons. The van der Waals surface area contributed by atoms with Crippen LogP contribution in [0.4, 0.5) is 0 Å². The molecule has 1 amide bonds. The zero-order valence-corrected chi connectivity index (χ0v) is 8.90. The highest BCUT2D eigenvalue weighted by Gasteiger charge is 2.21. The lowest BCUT2D eigenvalue weighted by Crippen LogP contribution is -2.32. The lowest BCUT2D eigenvalue weighted by atomic mass is 10.1. The SMILES string of the molecule is C#CCNC(=O)C(=[N+]=[N-])c1ccc(C)cc1. The van der Waals surface area contributed by atoms with Crippen molar-refractivity contribution in [1.82, 2.24) is 5.32 Å². The van der Waals surface area contributed by atoms with Crippen molar-refractivity contribution in [3.8, 4) is 12.3 Å². The van der Waals surface area contributed by atoms with Crippen LogP contribution in [-0.4, -0.2) is 23.0 Å². The number of benzene rings is 1. The molecule has 80 valence electrons. The van der Waals surface area contributed by atoms with Crippen LogP contribution < -0.4 is 5.32 Å². The molecular formula is C12H11N3O. The number of nitrogens with zero attached hydrogens (tertiary/aromatic N) is 2. The monoisotopic (exact) mass is 213 g/mol. The van der Waals surface area contributed by atoms with Gasteiger partial charge in [0.1, 0.15) is 0 Å². The highest BCUT2D eigenvalue weighted by molar-refractivity contribution is 6.42. The van der Waals surface area contributed by atoms with E-state index in [-0.39, 0.29) is 12.3 Å². The van der Waals surface area contributed by atoms with Crippen molar-refractivity contribution in [3.63, 3.8) is 0 Å². The summed E-state index contributed by atoms with van der Waals surface area (Å²) in [6.07, 6.45) is 5.01. The van der Waals surface area contributed by atoms with E-state index < -0.39 is 5.91 Å². The number of amides is 1. The zero-order chi connectivity index (χ0) is 12.0. The van der Waals surface area contributed by atoms with Crippen molar-refractivity contribution in [2.45, 2.75) is 6.92 Å². The van der Waals surface area contributed by atoms with Gasteiger partial charge in [-0.25, -0.2) is 0 Å². The Hall–Kier alpha value is -2.37. The second-order valence-corrected chi connectivity index (χ2v) is 3.20. The molecule has 0 aliphatic rings. The molecule has 0 heterocycles. The van der Waals surface area contributed by atoms with E-state index in [0.29, 0.717) is 5.56 Å². The van der Waals surface area contributed by atoms with Gasteiger partial charge in [0.15, 0.2) is 0 Å². The minimum absolute atomic E-state index is 0.0461. The minimum Gasteiger partial charge on any atom is -0.361 e. The average molecular weight is 213 g/mol. The van der Waals surface area contributed by atoms with Gasteiger partial charge in [-0.3, -0.25) is 4.79 Å². The fraction of sp³-hybridized carbons (Fsp3) is 0.167. The number of hydrogen-bond acceptors (Lipinski definition) is 1. The highest BCUT2D eigenvalue weighted by atomic mass is 16.1. The van der Waals surface area contributed by atoms with E-state index in [9.17, 15) is 4.79 Å². The van der Waals surface area contributed by atoms with Gasteiger partial charge in [-0.2, -0.15) is 4.79 Å². The third-order valence-electron chi connectivity index (χ3n) is 1.99.